The number of carbonyl (C=O) groups is 1. The first-order valence-electron chi connectivity index (χ1n) is 8.06. The Morgan fingerprint density at radius 1 is 1.46 bits per heavy atom. The number of nitrogens with one attached hydrogen (secondary N) is 1. The van der Waals surface area contributed by atoms with Gasteiger partial charge in [-0.1, -0.05) is 0 Å². The molecule has 1 aliphatic carbocycles. The van der Waals surface area contributed by atoms with Crippen LogP contribution in [-0.4, -0.2) is 57.1 Å². The van der Waals surface area contributed by atoms with Gasteiger partial charge in [-0.3, -0.25) is 4.79 Å². The number of nitrogens with zero attached hydrogens (tertiary/aromatic N) is 3. The van der Waals surface area contributed by atoms with Gasteiger partial charge in [0.15, 0.2) is 6.04 Å². The summed E-state index contributed by atoms with van der Waals surface area (Å²) in [4.78, 5) is 14.1. The summed E-state index contributed by atoms with van der Waals surface area (Å²) in [6.45, 7) is 1.65. The highest BCUT2D eigenvalue weighted by atomic mass is 19.4. The summed E-state index contributed by atoms with van der Waals surface area (Å²) in [6.07, 6.45) is -1.85. The zero-order valence-electron chi connectivity index (χ0n) is 13.5. The monoisotopic (exact) mass is 346 g/mol. The van der Waals surface area contributed by atoms with Crippen molar-refractivity contribution in [1.82, 2.24) is 14.7 Å². The van der Waals surface area contributed by atoms with Crippen molar-refractivity contribution in [1.29, 1.82) is 0 Å². The van der Waals surface area contributed by atoms with Gasteiger partial charge in [0, 0.05) is 13.1 Å². The van der Waals surface area contributed by atoms with Crippen molar-refractivity contribution in [2.24, 2.45) is 0 Å². The molecule has 1 fully saturated rings. The number of rotatable bonds is 2. The molecule has 6 nitrogen and oxygen atoms in total. The molecule has 2 N–H and O–H groups in total. The highest BCUT2D eigenvalue weighted by molar-refractivity contribution is 5.99. The normalized spacial score (nSPS) is 29.9. The van der Waals surface area contributed by atoms with E-state index in [0.717, 1.165) is 11.1 Å². The largest absolute Gasteiger partial charge is 0.410 e. The Bertz CT molecular complexity index is 631. The van der Waals surface area contributed by atoms with E-state index in [9.17, 15) is 23.1 Å². The third-order valence-corrected chi connectivity index (χ3v) is 4.92. The molecule has 1 aliphatic heterocycles. The second-order valence-corrected chi connectivity index (χ2v) is 6.67. The molecule has 1 aromatic rings. The predicted octanol–water partition coefficient (Wildman–Crippen LogP) is 2.18. The first kappa shape index (κ1) is 17.1. The number of carbonyl (C=O) groups excluding carboxylic acids is 1. The molecule has 2 heterocycles. The number of hydrogen-bond acceptors (Lipinski definition) is 4. The molecule has 3 rings (SSSR count). The lowest BCUT2D eigenvalue weighted by atomic mass is 10.0. The Morgan fingerprint density at radius 2 is 2.17 bits per heavy atom. The van der Waals surface area contributed by atoms with Crippen LogP contribution < -0.4 is 5.32 Å². The standard InChI is InChI=1S/C15H21F3N4O2/c1-8-6-12(15(16,17)18)22-13(20-8)9(7-19-22)14(24)21(2)10-4-3-5-11(10)23/h7-8,10-12,20,23H,3-6H2,1-2H3/t8-,10-,11-,12-/m0/s1. The third-order valence-electron chi connectivity index (χ3n) is 4.92. The minimum atomic E-state index is -4.43. The van der Waals surface area contributed by atoms with Crippen LogP contribution in [0.4, 0.5) is 19.0 Å². The van der Waals surface area contributed by atoms with Crippen LogP contribution in [0.25, 0.3) is 0 Å². The number of hydrogen-bond donors (Lipinski definition) is 2. The molecular formula is C15H21F3N4O2. The summed E-state index contributed by atoms with van der Waals surface area (Å²) in [5.74, 6) is -0.329. The minimum Gasteiger partial charge on any atom is -0.391 e. The van der Waals surface area contributed by atoms with Crippen LogP contribution in [0.15, 0.2) is 6.20 Å². The van der Waals surface area contributed by atoms with Gasteiger partial charge in [-0.15, -0.1) is 0 Å². The number of anilines is 1. The number of alkyl halides is 3. The fourth-order valence-corrected chi connectivity index (χ4v) is 3.61. The molecule has 0 bridgehead atoms. The van der Waals surface area contributed by atoms with Crippen molar-refractivity contribution in [2.75, 3.05) is 12.4 Å². The molecular weight excluding hydrogens is 325 g/mol. The highest BCUT2D eigenvalue weighted by Crippen LogP contribution is 2.40. The third kappa shape index (κ3) is 2.85. The number of amides is 1. The van der Waals surface area contributed by atoms with Gasteiger partial charge in [-0.2, -0.15) is 18.3 Å². The van der Waals surface area contributed by atoms with E-state index in [4.69, 9.17) is 0 Å². The topological polar surface area (TPSA) is 70.4 Å². The fraction of sp³-hybridized carbons (Fsp3) is 0.733. The lowest BCUT2D eigenvalue weighted by molar-refractivity contribution is -0.173. The zero-order valence-corrected chi connectivity index (χ0v) is 13.5. The van der Waals surface area contributed by atoms with Crippen LogP contribution >= 0.6 is 0 Å². The van der Waals surface area contributed by atoms with Gasteiger partial charge in [0.05, 0.1) is 18.3 Å². The number of likely N-dealkylation sites (N-methyl/N-ethyl adjacent to an activating group) is 1. The molecule has 134 valence electrons. The van der Waals surface area contributed by atoms with Crippen LogP contribution in [0.2, 0.25) is 0 Å². The van der Waals surface area contributed by atoms with Crippen molar-refractivity contribution in [3.8, 4) is 0 Å². The number of aromatic nitrogens is 2. The van der Waals surface area contributed by atoms with Gasteiger partial charge in [0.25, 0.3) is 5.91 Å². The predicted molar refractivity (Wildman–Crippen MR) is 80.8 cm³/mol. The van der Waals surface area contributed by atoms with E-state index in [1.807, 2.05) is 0 Å². The average Bonchev–Trinajstić information content (AvgIpc) is 3.10. The van der Waals surface area contributed by atoms with Crippen molar-refractivity contribution in [2.45, 2.75) is 63.0 Å². The van der Waals surface area contributed by atoms with Crippen LogP contribution in [0.1, 0.15) is 49.0 Å². The van der Waals surface area contributed by atoms with Gasteiger partial charge in [-0.25, -0.2) is 4.68 Å². The molecule has 0 spiro atoms. The summed E-state index contributed by atoms with van der Waals surface area (Å²) in [7, 11) is 1.57. The summed E-state index contributed by atoms with van der Waals surface area (Å²) in [5.41, 5.74) is 0.109. The number of fused-ring (bicyclic) bond motifs is 1. The zero-order chi connectivity index (χ0) is 17.6. The van der Waals surface area contributed by atoms with Gasteiger partial charge in [-0.05, 0) is 32.6 Å². The average molecular weight is 346 g/mol. The maximum Gasteiger partial charge on any atom is 0.410 e. The Balaban J connectivity index is 1.91. The number of aliphatic hydroxyl groups is 1. The van der Waals surface area contributed by atoms with E-state index >= 15 is 0 Å². The van der Waals surface area contributed by atoms with Gasteiger partial charge in [0.2, 0.25) is 0 Å². The van der Waals surface area contributed by atoms with Crippen molar-refractivity contribution in [3.05, 3.63) is 11.8 Å². The van der Waals surface area contributed by atoms with E-state index in [2.05, 4.69) is 10.4 Å². The lowest BCUT2D eigenvalue weighted by Gasteiger charge is -2.33. The molecule has 0 unspecified atom stereocenters. The van der Waals surface area contributed by atoms with Crippen molar-refractivity contribution >= 4 is 11.7 Å². The van der Waals surface area contributed by atoms with Crippen molar-refractivity contribution in [3.63, 3.8) is 0 Å². The molecule has 1 amide bonds. The quantitative estimate of drug-likeness (QED) is 0.861. The van der Waals surface area contributed by atoms with Crippen LogP contribution in [-0.2, 0) is 0 Å². The van der Waals surface area contributed by atoms with Gasteiger partial charge in [0.1, 0.15) is 11.4 Å². The molecule has 1 saturated carbocycles. The van der Waals surface area contributed by atoms with E-state index < -0.39 is 30.3 Å². The molecule has 4 atom stereocenters. The van der Waals surface area contributed by atoms with Gasteiger partial charge < -0.3 is 15.3 Å². The number of aliphatic hydroxyl groups excluding tert-OH is 1. The molecule has 1 aromatic heterocycles. The maximum absolute atomic E-state index is 13.2. The number of halogens is 3. The first-order chi connectivity index (χ1) is 11.2. The van der Waals surface area contributed by atoms with Crippen LogP contribution in [0.5, 0.6) is 0 Å². The van der Waals surface area contributed by atoms with Crippen LogP contribution in [0, 0.1) is 0 Å². The molecule has 2 aliphatic rings. The maximum atomic E-state index is 13.2. The highest BCUT2D eigenvalue weighted by Gasteiger charge is 2.46. The second-order valence-electron chi connectivity index (χ2n) is 6.67. The van der Waals surface area contributed by atoms with E-state index in [1.54, 1.807) is 14.0 Å². The van der Waals surface area contributed by atoms with E-state index in [-0.39, 0.29) is 23.8 Å². The second kappa shape index (κ2) is 5.94. The van der Waals surface area contributed by atoms with E-state index in [1.165, 1.54) is 11.1 Å². The van der Waals surface area contributed by atoms with Gasteiger partial charge >= 0.3 is 6.18 Å². The SMILES string of the molecule is C[C@H]1C[C@@H](C(F)(F)F)n2ncc(C(=O)N(C)[C@H]3CCC[C@@H]3O)c2N1. The van der Waals surface area contributed by atoms with E-state index in [0.29, 0.717) is 12.8 Å². The Hall–Kier alpha value is -1.77. The molecule has 0 aromatic carbocycles. The lowest BCUT2D eigenvalue weighted by Crippen LogP contribution is -2.42. The summed E-state index contributed by atoms with van der Waals surface area (Å²) >= 11 is 0. The smallest absolute Gasteiger partial charge is 0.391 e. The Labute approximate surface area is 137 Å². The molecule has 0 radical (unpaired) electrons. The summed E-state index contributed by atoms with van der Waals surface area (Å²) in [5, 5.41) is 16.7. The van der Waals surface area contributed by atoms with Crippen LogP contribution in [0.3, 0.4) is 0 Å². The molecule has 9 heteroatoms. The summed E-state index contributed by atoms with van der Waals surface area (Å²) < 4.78 is 40.6. The molecule has 24 heavy (non-hydrogen) atoms. The summed E-state index contributed by atoms with van der Waals surface area (Å²) in [6, 6.07) is -2.48. The minimum absolute atomic E-state index is 0.0976. The first-order valence-corrected chi connectivity index (χ1v) is 8.06. The van der Waals surface area contributed by atoms with Crippen molar-refractivity contribution < 1.29 is 23.1 Å². The Kier molecular flexibility index (Phi) is 4.23. The fourth-order valence-electron chi connectivity index (χ4n) is 3.61. The molecule has 0 saturated heterocycles. The Morgan fingerprint density at radius 3 is 2.75 bits per heavy atom.